The Balaban J connectivity index is 3.13. The number of pyridine rings is 1. The number of nitrogens with zero attached hydrogens (tertiary/aromatic N) is 1. The first-order valence-electron chi connectivity index (χ1n) is 4.99. The van der Waals surface area contributed by atoms with Crippen LogP contribution in [0, 0.1) is 0 Å². The van der Waals surface area contributed by atoms with Crippen LogP contribution in [0.2, 0.25) is 5.15 Å². The maximum absolute atomic E-state index is 11.4. The van der Waals surface area contributed by atoms with E-state index in [1.165, 1.54) is 19.3 Å². The molecule has 4 nitrogen and oxygen atoms in total. The molecule has 0 aliphatic heterocycles. The smallest absolute Gasteiger partial charge is 0.254 e. The first-order chi connectivity index (χ1) is 7.33. The van der Waals surface area contributed by atoms with Gasteiger partial charge >= 0.3 is 0 Å². The zero-order chi connectivity index (χ0) is 12.3. The summed E-state index contributed by atoms with van der Waals surface area (Å²) >= 11 is 5.63. The van der Waals surface area contributed by atoms with Gasteiger partial charge in [0, 0.05) is 24.3 Å². The first kappa shape index (κ1) is 6.21. The molecular formula is C8H10ClN3O. The van der Waals surface area contributed by atoms with Crippen LogP contribution in [-0.2, 0) is 0 Å². The maximum Gasteiger partial charge on any atom is 0.254 e. The molecule has 0 atom stereocenters. The van der Waals surface area contributed by atoms with Crippen molar-refractivity contribution in [1.29, 1.82) is 0 Å². The molecular weight excluding hydrogens is 190 g/mol. The van der Waals surface area contributed by atoms with Crippen molar-refractivity contribution in [3.05, 3.63) is 23.0 Å². The Morgan fingerprint density at radius 3 is 3.15 bits per heavy atom. The third-order valence-corrected chi connectivity index (χ3v) is 1.68. The van der Waals surface area contributed by atoms with E-state index in [9.17, 15) is 4.79 Å². The molecule has 0 aromatic carbocycles. The van der Waals surface area contributed by atoms with E-state index in [0.717, 1.165) is 0 Å². The second kappa shape index (κ2) is 4.09. The van der Waals surface area contributed by atoms with Crippen molar-refractivity contribution in [2.45, 2.75) is 0 Å². The minimum absolute atomic E-state index is 0.111. The van der Waals surface area contributed by atoms with Crippen molar-refractivity contribution >= 4 is 23.2 Å². The van der Waals surface area contributed by atoms with Crippen LogP contribution in [-0.4, -0.2) is 24.9 Å². The molecule has 0 aliphatic carbocycles. The Morgan fingerprint density at radius 1 is 1.77 bits per heavy atom. The van der Waals surface area contributed by atoms with Crippen LogP contribution in [0.1, 0.15) is 14.5 Å². The Labute approximate surface area is 85.5 Å². The quantitative estimate of drug-likeness (QED) is 0.708. The molecule has 0 radical (unpaired) electrons. The van der Waals surface area contributed by atoms with E-state index in [1.54, 1.807) is 0 Å². The molecule has 0 unspecified atom stereocenters. The van der Waals surface area contributed by atoms with Crippen LogP contribution < -0.4 is 10.6 Å². The second-order valence-corrected chi connectivity index (χ2v) is 2.64. The van der Waals surface area contributed by atoms with Gasteiger partial charge in [-0.15, -0.1) is 0 Å². The standard InChI is InChI=1S/C8H10ClN3O/c1-10-6-3-7(9)12-4-5(6)8(13)11-2/h3-4H,1-2H3,(H,10,12)(H,11,13)/i1D3. The van der Waals surface area contributed by atoms with Crippen LogP contribution >= 0.6 is 11.6 Å². The molecule has 5 heteroatoms. The molecule has 1 aromatic heterocycles. The Morgan fingerprint density at radius 2 is 2.54 bits per heavy atom. The molecule has 0 saturated heterocycles. The van der Waals surface area contributed by atoms with Gasteiger partial charge in [-0.05, 0) is 6.07 Å². The highest BCUT2D eigenvalue weighted by atomic mass is 35.5. The van der Waals surface area contributed by atoms with Gasteiger partial charge in [0.2, 0.25) is 0 Å². The number of carbonyl (C=O) groups is 1. The number of anilines is 1. The van der Waals surface area contributed by atoms with Crippen LogP contribution in [0.15, 0.2) is 12.3 Å². The third-order valence-electron chi connectivity index (χ3n) is 1.48. The van der Waals surface area contributed by atoms with E-state index in [1.807, 2.05) is 0 Å². The number of rotatable bonds is 2. The van der Waals surface area contributed by atoms with Gasteiger partial charge in [-0.2, -0.15) is 0 Å². The Hall–Kier alpha value is -1.29. The summed E-state index contributed by atoms with van der Waals surface area (Å²) in [6.07, 6.45) is 1.22. The topological polar surface area (TPSA) is 54.0 Å². The number of halogens is 1. The fraction of sp³-hybridized carbons (Fsp3) is 0.250. The molecule has 0 fully saturated rings. The van der Waals surface area contributed by atoms with Gasteiger partial charge in [0.25, 0.3) is 5.91 Å². The molecule has 2 N–H and O–H groups in total. The lowest BCUT2D eigenvalue weighted by Gasteiger charge is -2.06. The van der Waals surface area contributed by atoms with Crippen LogP contribution in [0.5, 0.6) is 0 Å². The largest absolute Gasteiger partial charge is 0.387 e. The van der Waals surface area contributed by atoms with E-state index in [2.05, 4.69) is 15.6 Å². The fourth-order valence-electron chi connectivity index (χ4n) is 0.849. The molecule has 0 aliphatic rings. The number of hydrogen-bond acceptors (Lipinski definition) is 3. The van der Waals surface area contributed by atoms with E-state index >= 15 is 0 Å². The first-order valence-corrected chi connectivity index (χ1v) is 3.87. The summed E-state index contributed by atoms with van der Waals surface area (Å²) in [5.74, 6) is -0.434. The van der Waals surface area contributed by atoms with Gasteiger partial charge in [0.15, 0.2) is 0 Å². The second-order valence-electron chi connectivity index (χ2n) is 2.26. The Bertz CT molecular complexity index is 408. The van der Waals surface area contributed by atoms with Crippen molar-refractivity contribution in [1.82, 2.24) is 10.3 Å². The van der Waals surface area contributed by atoms with E-state index in [4.69, 9.17) is 15.7 Å². The minimum Gasteiger partial charge on any atom is -0.387 e. The maximum atomic E-state index is 11.4. The van der Waals surface area contributed by atoms with Crippen molar-refractivity contribution in [2.24, 2.45) is 0 Å². The molecule has 13 heavy (non-hydrogen) atoms. The highest BCUT2D eigenvalue weighted by Gasteiger charge is 2.09. The Kier molecular flexibility index (Phi) is 1.95. The number of nitrogens with one attached hydrogen (secondary N) is 2. The molecule has 0 spiro atoms. The average molecular weight is 203 g/mol. The lowest BCUT2D eigenvalue weighted by Crippen LogP contribution is -2.19. The average Bonchev–Trinajstić information content (AvgIpc) is 2.14. The van der Waals surface area contributed by atoms with Gasteiger partial charge in [-0.25, -0.2) is 4.98 Å². The lowest BCUT2D eigenvalue weighted by molar-refractivity contribution is 0.0963. The number of aromatic nitrogens is 1. The number of hydrogen-bond donors (Lipinski definition) is 2. The molecule has 1 amide bonds. The summed E-state index contributed by atoms with van der Waals surface area (Å²) in [5.41, 5.74) is 0.252. The zero-order valence-electron chi connectivity index (χ0n) is 9.89. The summed E-state index contributed by atoms with van der Waals surface area (Å²) in [6, 6.07) is 1.29. The van der Waals surface area contributed by atoms with E-state index in [0.29, 0.717) is 0 Å². The van der Waals surface area contributed by atoms with Crippen LogP contribution in [0.25, 0.3) is 0 Å². The van der Waals surface area contributed by atoms with Crippen molar-refractivity contribution in [3.8, 4) is 0 Å². The molecule has 0 bridgehead atoms. The summed E-state index contributed by atoms with van der Waals surface area (Å²) in [7, 11) is 1.44. The SMILES string of the molecule is [2H]C([2H])([2H])Nc1cc(Cl)ncc1C(=O)NC. The molecule has 1 heterocycles. The number of carbonyl (C=O) groups excluding carboxylic acids is 1. The summed E-state index contributed by atoms with van der Waals surface area (Å²) in [4.78, 5) is 15.1. The minimum atomic E-state index is -2.40. The summed E-state index contributed by atoms with van der Waals surface area (Å²) < 4.78 is 21.2. The predicted molar refractivity (Wildman–Crippen MR) is 52.2 cm³/mol. The van der Waals surface area contributed by atoms with Gasteiger partial charge in [-0.1, -0.05) is 11.6 Å². The predicted octanol–water partition coefficient (Wildman–Crippen LogP) is 1.14. The summed E-state index contributed by atoms with van der Waals surface area (Å²) in [6.45, 7) is -2.40. The fourth-order valence-corrected chi connectivity index (χ4v) is 1.01. The van der Waals surface area contributed by atoms with Crippen molar-refractivity contribution in [3.63, 3.8) is 0 Å². The monoisotopic (exact) mass is 202 g/mol. The zero-order valence-corrected chi connectivity index (χ0v) is 7.64. The van der Waals surface area contributed by atoms with Crippen LogP contribution in [0.4, 0.5) is 5.69 Å². The molecule has 1 rings (SSSR count). The van der Waals surface area contributed by atoms with Crippen molar-refractivity contribution in [2.75, 3.05) is 19.3 Å². The normalized spacial score (nSPS) is 13.8. The highest BCUT2D eigenvalue weighted by Crippen LogP contribution is 2.17. The highest BCUT2D eigenvalue weighted by molar-refractivity contribution is 6.29. The lowest BCUT2D eigenvalue weighted by atomic mass is 10.2. The third kappa shape index (κ3) is 2.09. The number of amides is 1. The van der Waals surface area contributed by atoms with Gasteiger partial charge in [0.1, 0.15) is 5.15 Å². The van der Waals surface area contributed by atoms with E-state index in [-0.39, 0.29) is 16.4 Å². The van der Waals surface area contributed by atoms with Crippen molar-refractivity contribution < 1.29 is 8.91 Å². The van der Waals surface area contributed by atoms with Crippen LogP contribution in [0.3, 0.4) is 0 Å². The van der Waals surface area contributed by atoms with E-state index < -0.39 is 12.9 Å². The molecule has 0 saturated carbocycles. The molecule has 70 valence electrons. The van der Waals surface area contributed by atoms with Gasteiger partial charge in [0.05, 0.1) is 11.3 Å². The molecule has 1 aromatic rings. The summed E-state index contributed by atoms with van der Waals surface area (Å²) in [5, 5.41) is 4.71. The van der Waals surface area contributed by atoms with Gasteiger partial charge < -0.3 is 10.6 Å². The van der Waals surface area contributed by atoms with Gasteiger partial charge in [-0.3, -0.25) is 4.79 Å².